The number of carbonyl (C=O) groups is 1. The number of benzene rings is 3. The van der Waals surface area contributed by atoms with Crippen molar-refractivity contribution in [1.29, 1.82) is 0 Å². The molecule has 3 rings (SSSR count). The first-order valence-electron chi connectivity index (χ1n) is 8.52. The quantitative estimate of drug-likeness (QED) is 0.615. The fourth-order valence-corrected chi connectivity index (χ4v) is 4.25. The minimum atomic E-state index is -4.10. The Labute approximate surface area is 167 Å². The summed E-state index contributed by atoms with van der Waals surface area (Å²) in [4.78, 5) is 10.9. The Morgan fingerprint density at radius 2 is 1.59 bits per heavy atom. The first-order valence-corrected chi connectivity index (χ1v) is 10.0. The number of nitrogens with two attached hydrogens (primary N) is 1. The molecule has 150 valence electrons. The highest BCUT2D eigenvalue weighted by atomic mass is 32.2. The monoisotopic (exact) mass is 415 g/mol. The van der Waals surface area contributed by atoms with Crippen molar-refractivity contribution in [2.45, 2.75) is 23.6 Å². The van der Waals surface area contributed by atoms with Crippen LogP contribution in [-0.4, -0.2) is 19.4 Å². The van der Waals surface area contributed by atoms with Gasteiger partial charge in [-0.2, -0.15) is 0 Å². The predicted molar refractivity (Wildman–Crippen MR) is 104 cm³/mol. The number of amides is 1. The predicted octanol–water partition coefficient (Wildman–Crippen LogP) is 3.87. The summed E-state index contributed by atoms with van der Waals surface area (Å²) in [7, 11) is -4.10. The van der Waals surface area contributed by atoms with E-state index in [4.69, 9.17) is 10.5 Å². The Kier molecular flexibility index (Phi) is 5.30. The van der Waals surface area contributed by atoms with Crippen LogP contribution in [0.4, 0.5) is 4.39 Å². The summed E-state index contributed by atoms with van der Waals surface area (Å²) < 4.78 is 44.6. The maximum absolute atomic E-state index is 13.1. The Hall–Kier alpha value is -3.39. The van der Waals surface area contributed by atoms with Gasteiger partial charge >= 0.3 is 0 Å². The number of hydrogen-bond acceptors (Lipinski definition) is 5. The van der Waals surface area contributed by atoms with E-state index in [0.717, 1.165) is 24.3 Å². The molecule has 0 aliphatic rings. The number of aryl methyl sites for hydroxylation is 2. The van der Waals surface area contributed by atoms with Crippen molar-refractivity contribution in [3.63, 3.8) is 0 Å². The van der Waals surface area contributed by atoms with Gasteiger partial charge in [-0.05, 0) is 73.5 Å². The number of rotatable bonds is 5. The largest absolute Gasteiger partial charge is 0.507 e. The molecule has 3 N–H and O–H groups in total. The summed E-state index contributed by atoms with van der Waals surface area (Å²) in [5, 5.41) is 10.1. The van der Waals surface area contributed by atoms with E-state index in [0.29, 0.717) is 22.4 Å². The minimum absolute atomic E-state index is 0.162. The smallest absolute Gasteiger partial charge is 0.248 e. The number of hydrogen-bond donors (Lipinski definition) is 2. The second kappa shape index (κ2) is 7.56. The molecule has 0 aliphatic carbocycles. The average Bonchev–Trinajstić information content (AvgIpc) is 2.65. The highest BCUT2D eigenvalue weighted by Gasteiger charge is 2.23. The maximum Gasteiger partial charge on any atom is 0.248 e. The molecule has 0 saturated heterocycles. The molecule has 6 nitrogen and oxygen atoms in total. The van der Waals surface area contributed by atoms with E-state index in [1.165, 1.54) is 18.2 Å². The third-order valence-electron chi connectivity index (χ3n) is 4.31. The van der Waals surface area contributed by atoms with Crippen molar-refractivity contribution in [2.75, 3.05) is 0 Å². The van der Waals surface area contributed by atoms with Gasteiger partial charge in [-0.15, -0.1) is 0 Å². The summed E-state index contributed by atoms with van der Waals surface area (Å²) in [5.41, 5.74) is 6.90. The van der Waals surface area contributed by atoms with Gasteiger partial charge in [0.2, 0.25) is 15.7 Å². The van der Waals surface area contributed by atoms with Gasteiger partial charge in [0.15, 0.2) is 0 Å². The van der Waals surface area contributed by atoms with Gasteiger partial charge < -0.3 is 15.6 Å². The summed E-state index contributed by atoms with van der Waals surface area (Å²) in [6.45, 7) is 3.46. The molecule has 29 heavy (non-hydrogen) atoms. The zero-order chi connectivity index (χ0) is 21.3. The number of sulfone groups is 1. The van der Waals surface area contributed by atoms with E-state index >= 15 is 0 Å². The van der Waals surface area contributed by atoms with Crippen LogP contribution in [0.5, 0.6) is 17.2 Å². The van der Waals surface area contributed by atoms with Crippen molar-refractivity contribution >= 4 is 15.7 Å². The van der Waals surface area contributed by atoms with Gasteiger partial charge in [0.1, 0.15) is 28.0 Å². The lowest BCUT2D eigenvalue weighted by Gasteiger charge is -2.14. The fourth-order valence-electron chi connectivity index (χ4n) is 2.89. The van der Waals surface area contributed by atoms with Crippen LogP contribution in [-0.2, 0) is 9.84 Å². The van der Waals surface area contributed by atoms with Crippen molar-refractivity contribution in [2.24, 2.45) is 5.73 Å². The first kappa shape index (κ1) is 20.3. The molecule has 0 atom stereocenters. The van der Waals surface area contributed by atoms with Crippen molar-refractivity contribution in [3.05, 3.63) is 77.1 Å². The van der Waals surface area contributed by atoms with E-state index in [-0.39, 0.29) is 15.5 Å². The number of halogens is 1. The third-order valence-corrected chi connectivity index (χ3v) is 6.11. The third kappa shape index (κ3) is 4.07. The van der Waals surface area contributed by atoms with E-state index in [9.17, 15) is 22.7 Å². The Morgan fingerprint density at radius 3 is 2.14 bits per heavy atom. The summed E-state index contributed by atoms with van der Waals surface area (Å²) >= 11 is 0. The summed E-state index contributed by atoms with van der Waals surface area (Å²) in [6.07, 6.45) is 0. The second-order valence-electron chi connectivity index (χ2n) is 6.49. The highest BCUT2D eigenvalue weighted by Crippen LogP contribution is 2.35. The SMILES string of the molecule is Cc1cc(C(N)=O)cc(C)c1Oc1ccc(O)c(S(=O)(=O)c2ccc(F)cc2)c1. The zero-order valence-electron chi connectivity index (χ0n) is 15.6. The molecule has 0 bridgehead atoms. The molecule has 0 aliphatic heterocycles. The minimum Gasteiger partial charge on any atom is -0.507 e. The Balaban J connectivity index is 2.02. The van der Waals surface area contributed by atoms with Crippen LogP contribution in [0.15, 0.2) is 64.4 Å². The standard InChI is InChI=1S/C21H18FNO5S/c1-12-9-14(21(23)25)10-13(2)20(12)28-16-5-8-18(24)19(11-16)29(26,27)17-6-3-15(22)4-7-17/h3-11,24H,1-2H3,(H2,23,25). The van der Waals surface area contributed by atoms with Crippen LogP contribution >= 0.6 is 0 Å². The lowest BCUT2D eigenvalue weighted by atomic mass is 10.1. The van der Waals surface area contributed by atoms with E-state index in [2.05, 4.69) is 0 Å². The van der Waals surface area contributed by atoms with Crippen LogP contribution in [0.25, 0.3) is 0 Å². The highest BCUT2D eigenvalue weighted by molar-refractivity contribution is 7.91. The fraction of sp³-hybridized carbons (Fsp3) is 0.0952. The van der Waals surface area contributed by atoms with Crippen LogP contribution < -0.4 is 10.5 Å². The Bertz CT molecular complexity index is 1180. The maximum atomic E-state index is 13.1. The topological polar surface area (TPSA) is 107 Å². The van der Waals surface area contributed by atoms with Gasteiger partial charge in [0.25, 0.3) is 0 Å². The normalized spacial score (nSPS) is 11.3. The van der Waals surface area contributed by atoms with Crippen molar-refractivity contribution in [1.82, 2.24) is 0 Å². The average molecular weight is 415 g/mol. The number of aromatic hydroxyl groups is 1. The molecule has 0 aromatic heterocycles. The molecule has 8 heteroatoms. The zero-order valence-corrected chi connectivity index (χ0v) is 16.5. The molecule has 3 aromatic rings. The molecular formula is C21H18FNO5S. The Morgan fingerprint density at radius 1 is 1.00 bits per heavy atom. The molecule has 3 aromatic carbocycles. The van der Waals surface area contributed by atoms with Crippen molar-refractivity contribution in [3.8, 4) is 17.2 Å². The van der Waals surface area contributed by atoms with Gasteiger partial charge in [-0.1, -0.05) is 0 Å². The molecule has 0 heterocycles. The molecule has 0 saturated carbocycles. The number of ether oxygens (including phenoxy) is 1. The number of phenols is 1. The van der Waals surface area contributed by atoms with Crippen molar-refractivity contribution < 1.29 is 27.4 Å². The van der Waals surface area contributed by atoms with Crippen LogP contribution in [0.1, 0.15) is 21.5 Å². The molecule has 0 radical (unpaired) electrons. The molecule has 0 spiro atoms. The van der Waals surface area contributed by atoms with E-state index in [1.54, 1.807) is 26.0 Å². The first-order chi connectivity index (χ1) is 13.6. The molecule has 0 fully saturated rings. The van der Waals surface area contributed by atoms with Crippen LogP contribution in [0, 0.1) is 19.7 Å². The summed E-state index contributed by atoms with van der Waals surface area (Å²) in [5.74, 6) is -0.998. The lowest BCUT2D eigenvalue weighted by Crippen LogP contribution is -2.11. The summed E-state index contributed by atoms with van der Waals surface area (Å²) in [6, 6.07) is 11.2. The number of phenolic OH excluding ortho intramolecular Hbond substituents is 1. The molecule has 1 amide bonds. The molecular weight excluding hydrogens is 397 g/mol. The van der Waals surface area contributed by atoms with Gasteiger partial charge in [0.05, 0.1) is 4.90 Å². The van der Waals surface area contributed by atoms with E-state index < -0.39 is 27.3 Å². The lowest BCUT2D eigenvalue weighted by molar-refractivity contribution is 0.1000. The van der Waals surface area contributed by atoms with Crippen LogP contribution in [0.2, 0.25) is 0 Å². The molecule has 0 unspecified atom stereocenters. The number of primary amides is 1. The second-order valence-corrected chi connectivity index (χ2v) is 8.41. The number of carbonyl (C=O) groups excluding carboxylic acids is 1. The van der Waals surface area contributed by atoms with Gasteiger partial charge in [-0.3, -0.25) is 4.79 Å². The van der Waals surface area contributed by atoms with Gasteiger partial charge in [-0.25, -0.2) is 12.8 Å². The van der Waals surface area contributed by atoms with E-state index in [1.807, 2.05) is 0 Å². The van der Waals surface area contributed by atoms with Gasteiger partial charge in [0, 0.05) is 11.6 Å². The van der Waals surface area contributed by atoms with Crippen LogP contribution in [0.3, 0.4) is 0 Å².